The zero-order valence-corrected chi connectivity index (χ0v) is 15.8. The summed E-state index contributed by atoms with van der Waals surface area (Å²) < 4.78 is 1.11. The lowest BCUT2D eigenvalue weighted by Gasteiger charge is -2.19. The van der Waals surface area contributed by atoms with Crippen LogP contribution in [0.3, 0.4) is 0 Å². The predicted octanol–water partition coefficient (Wildman–Crippen LogP) is 4.84. The molecule has 1 aromatic rings. The van der Waals surface area contributed by atoms with Gasteiger partial charge in [0.2, 0.25) is 5.91 Å². The molecule has 0 aromatic heterocycles. The number of carbonyl (C=O) groups excluding carboxylic acids is 1. The second-order valence-corrected chi connectivity index (χ2v) is 7.81. The van der Waals surface area contributed by atoms with Crippen LogP contribution in [-0.2, 0) is 4.79 Å². The Kier molecular flexibility index (Phi) is 6.50. The normalized spacial score (nSPS) is 20.2. The Hall–Kier alpha value is -0.810. The molecular formula is C17H23BrN2OS. The quantitative estimate of drug-likeness (QED) is 0.597. The Labute approximate surface area is 145 Å². The standard InChI is InChI=1S/C17H23BrN2OS/c1-11-6-4-5-7-15(11)19-20-17(21)10-22-16-9-12(2)14(18)8-13(16)3/h8-9,11H,4-7,10H2,1-3H3,(H,20,21). The first-order valence-electron chi connectivity index (χ1n) is 7.72. The number of amides is 1. The van der Waals surface area contributed by atoms with Crippen LogP contribution < -0.4 is 5.43 Å². The molecule has 1 aliphatic rings. The first kappa shape index (κ1) is 17.5. The van der Waals surface area contributed by atoms with E-state index in [1.807, 2.05) is 0 Å². The van der Waals surface area contributed by atoms with Crippen molar-refractivity contribution in [1.29, 1.82) is 0 Å². The van der Waals surface area contributed by atoms with Gasteiger partial charge < -0.3 is 0 Å². The summed E-state index contributed by atoms with van der Waals surface area (Å²) >= 11 is 5.09. The Morgan fingerprint density at radius 3 is 2.86 bits per heavy atom. The lowest BCUT2D eigenvalue weighted by atomic mass is 9.89. The van der Waals surface area contributed by atoms with E-state index in [1.165, 1.54) is 30.4 Å². The van der Waals surface area contributed by atoms with Crippen molar-refractivity contribution in [3.8, 4) is 0 Å². The van der Waals surface area contributed by atoms with Gasteiger partial charge in [0, 0.05) is 15.1 Å². The highest BCUT2D eigenvalue weighted by atomic mass is 79.9. The Morgan fingerprint density at radius 1 is 1.36 bits per heavy atom. The van der Waals surface area contributed by atoms with Gasteiger partial charge in [-0.2, -0.15) is 5.10 Å². The molecule has 22 heavy (non-hydrogen) atoms. The number of nitrogens with one attached hydrogen (secondary N) is 1. The fraction of sp³-hybridized carbons (Fsp3) is 0.529. The number of aryl methyl sites for hydroxylation is 2. The summed E-state index contributed by atoms with van der Waals surface area (Å²) in [5.74, 6) is 0.862. The molecule has 1 saturated carbocycles. The number of rotatable bonds is 4. The number of halogens is 1. The minimum absolute atomic E-state index is 0.0322. The smallest absolute Gasteiger partial charge is 0.250 e. The van der Waals surface area contributed by atoms with Crippen molar-refractivity contribution in [3.05, 3.63) is 27.7 Å². The van der Waals surface area contributed by atoms with E-state index >= 15 is 0 Å². The highest BCUT2D eigenvalue weighted by Gasteiger charge is 2.16. The van der Waals surface area contributed by atoms with E-state index in [4.69, 9.17) is 0 Å². The van der Waals surface area contributed by atoms with E-state index in [0.717, 1.165) is 21.5 Å². The van der Waals surface area contributed by atoms with Crippen molar-refractivity contribution >= 4 is 39.3 Å². The molecule has 5 heteroatoms. The number of nitrogens with zero attached hydrogens (tertiary/aromatic N) is 1. The number of thioether (sulfide) groups is 1. The molecule has 0 heterocycles. The van der Waals surface area contributed by atoms with Gasteiger partial charge in [-0.15, -0.1) is 11.8 Å². The predicted molar refractivity (Wildman–Crippen MR) is 97.5 cm³/mol. The van der Waals surface area contributed by atoms with Gasteiger partial charge in [0.25, 0.3) is 0 Å². The molecule has 0 bridgehead atoms. The summed E-state index contributed by atoms with van der Waals surface area (Å²) in [4.78, 5) is 13.1. The van der Waals surface area contributed by atoms with Crippen LogP contribution in [0.4, 0.5) is 0 Å². The van der Waals surface area contributed by atoms with Gasteiger partial charge in [-0.3, -0.25) is 4.79 Å². The molecule has 1 aromatic carbocycles. The van der Waals surface area contributed by atoms with Gasteiger partial charge in [-0.05, 0) is 62.3 Å². The third-order valence-corrected chi connectivity index (χ3v) is 6.04. The maximum atomic E-state index is 12.0. The van der Waals surface area contributed by atoms with E-state index in [9.17, 15) is 4.79 Å². The number of hydrogen-bond acceptors (Lipinski definition) is 3. The molecular weight excluding hydrogens is 360 g/mol. The lowest BCUT2D eigenvalue weighted by molar-refractivity contribution is -0.118. The zero-order valence-electron chi connectivity index (χ0n) is 13.4. The topological polar surface area (TPSA) is 41.5 Å². The van der Waals surface area contributed by atoms with Crippen molar-refractivity contribution in [2.24, 2.45) is 11.0 Å². The molecule has 2 rings (SSSR count). The molecule has 1 fully saturated rings. The molecule has 0 aliphatic heterocycles. The first-order valence-corrected chi connectivity index (χ1v) is 9.50. The second-order valence-electron chi connectivity index (χ2n) is 5.94. The van der Waals surface area contributed by atoms with Crippen molar-refractivity contribution in [1.82, 2.24) is 5.43 Å². The van der Waals surface area contributed by atoms with E-state index < -0.39 is 0 Å². The third-order valence-electron chi connectivity index (χ3n) is 4.03. The summed E-state index contributed by atoms with van der Waals surface area (Å²) in [6.45, 7) is 6.31. The fourth-order valence-electron chi connectivity index (χ4n) is 2.56. The molecule has 0 radical (unpaired) electrons. The maximum Gasteiger partial charge on any atom is 0.250 e. The largest absolute Gasteiger partial charge is 0.272 e. The molecule has 120 valence electrons. The lowest BCUT2D eigenvalue weighted by Crippen LogP contribution is -2.25. The van der Waals surface area contributed by atoms with Crippen molar-refractivity contribution in [3.63, 3.8) is 0 Å². The zero-order chi connectivity index (χ0) is 16.1. The summed E-state index contributed by atoms with van der Waals surface area (Å²) in [7, 11) is 0. The minimum Gasteiger partial charge on any atom is -0.272 e. The minimum atomic E-state index is -0.0322. The van der Waals surface area contributed by atoms with Gasteiger partial charge in [-0.25, -0.2) is 5.43 Å². The van der Waals surface area contributed by atoms with E-state index in [0.29, 0.717) is 11.7 Å². The van der Waals surface area contributed by atoms with Crippen molar-refractivity contribution in [2.45, 2.75) is 51.3 Å². The SMILES string of the molecule is Cc1cc(SCC(=O)NN=C2CCCCC2C)c(C)cc1Br. The van der Waals surface area contributed by atoms with Crippen LogP contribution in [0.15, 0.2) is 26.6 Å². The maximum absolute atomic E-state index is 12.0. The summed E-state index contributed by atoms with van der Waals surface area (Å²) in [5.41, 5.74) is 6.22. The Morgan fingerprint density at radius 2 is 2.14 bits per heavy atom. The van der Waals surface area contributed by atoms with E-state index in [2.05, 4.69) is 59.4 Å². The number of carbonyl (C=O) groups is 1. The van der Waals surface area contributed by atoms with E-state index in [-0.39, 0.29) is 5.91 Å². The van der Waals surface area contributed by atoms with Crippen molar-refractivity contribution < 1.29 is 4.79 Å². The molecule has 0 spiro atoms. The molecule has 1 N–H and O–H groups in total. The monoisotopic (exact) mass is 382 g/mol. The second kappa shape index (κ2) is 8.16. The highest BCUT2D eigenvalue weighted by molar-refractivity contribution is 9.10. The van der Waals surface area contributed by atoms with Crippen LogP contribution >= 0.6 is 27.7 Å². The molecule has 1 aliphatic carbocycles. The van der Waals surface area contributed by atoms with Crippen LogP contribution in [0, 0.1) is 19.8 Å². The number of hydrazone groups is 1. The van der Waals surface area contributed by atoms with Gasteiger partial charge >= 0.3 is 0 Å². The molecule has 3 nitrogen and oxygen atoms in total. The third kappa shape index (κ3) is 4.85. The Bertz CT molecular complexity index is 586. The fourth-order valence-corrected chi connectivity index (χ4v) is 3.91. The number of hydrogen-bond donors (Lipinski definition) is 1. The van der Waals surface area contributed by atoms with Crippen LogP contribution in [0.1, 0.15) is 43.7 Å². The van der Waals surface area contributed by atoms with Gasteiger partial charge in [0.1, 0.15) is 0 Å². The average molecular weight is 383 g/mol. The summed E-state index contributed by atoms with van der Waals surface area (Å²) in [6, 6.07) is 4.21. The van der Waals surface area contributed by atoms with Gasteiger partial charge in [-0.1, -0.05) is 29.3 Å². The van der Waals surface area contributed by atoms with Crippen LogP contribution in [-0.4, -0.2) is 17.4 Å². The highest BCUT2D eigenvalue weighted by Crippen LogP contribution is 2.28. The number of benzene rings is 1. The van der Waals surface area contributed by atoms with Gasteiger partial charge in [0.15, 0.2) is 0 Å². The summed E-state index contributed by atoms with van der Waals surface area (Å²) in [5, 5.41) is 4.33. The molecule has 1 amide bonds. The van der Waals surface area contributed by atoms with Gasteiger partial charge in [0.05, 0.1) is 5.75 Å². The van der Waals surface area contributed by atoms with Crippen LogP contribution in [0.5, 0.6) is 0 Å². The average Bonchev–Trinajstić information content (AvgIpc) is 2.49. The Balaban J connectivity index is 1.88. The molecule has 1 atom stereocenters. The van der Waals surface area contributed by atoms with Crippen LogP contribution in [0.25, 0.3) is 0 Å². The van der Waals surface area contributed by atoms with Crippen LogP contribution in [0.2, 0.25) is 0 Å². The van der Waals surface area contributed by atoms with E-state index in [1.54, 1.807) is 11.8 Å². The molecule has 0 saturated heterocycles. The molecule has 1 unspecified atom stereocenters. The first-order chi connectivity index (χ1) is 10.5. The van der Waals surface area contributed by atoms with Crippen molar-refractivity contribution in [2.75, 3.05) is 5.75 Å². The summed E-state index contributed by atoms with van der Waals surface area (Å²) in [6.07, 6.45) is 4.65.